The molecule has 1 heteroatoms. The minimum Gasteiger partial charge on any atom is -0.300 e. The van der Waals surface area contributed by atoms with E-state index >= 15 is 0 Å². The maximum Gasteiger partial charge on any atom is 0.130 e. The van der Waals surface area contributed by atoms with Crippen LogP contribution in [0.3, 0.4) is 0 Å². The van der Waals surface area contributed by atoms with Gasteiger partial charge in [0, 0.05) is 6.42 Å². The number of rotatable bonds is 4. The van der Waals surface area contributed by atoms with Crippen LogP contribution < -0.4 is 0 Å². The van der Waals surface area contributed by atoms with E-state index in [2.05, 4.69) is 13.8 Å². The molecule has 0 radical (unpaired) electrons. The van der Waals surface area contributed by atoms with Gasteiger partial charge in [-0.15, -0.1) is 0 Å². The van der Waals surface area contributed by atoms with Crippen LogP contribution in [-0.2, 0) is 4.79 Å². The second-order valence-electron chi connectivity index (χ2n) is 5.08. The van der Waals surface area contributed by atoms with Crippen molar-refractivity contribution in [3.05, 3.63) is 0 Å². The van der Waals surface area contributed by atoms with E-state index in [1.165, 1.54) is 32.1 Å². The lowest BCUT2D eigenvalue weighted by atomic mass is 9.73. The predicted octanol–water partition coefficient (Wildman–Crippen LogP) is 3.82. The molecule has 1 rings (SSSR count). The molecule has 1 nitrogen and oxygen atoms in total. The molecule has 0 aromatic carbocycles. The molecule has 0 heterocycles. The normalized spacial score (nSPS) is 29.9. The summed E-state index contributed by atoms with van der Waals surface area (Å²) < 4.78 is 0. The Bertz CT molecular complexity index is 186. The second kappa shape index (κ2) is 5.53. The van der Waals surface area contributed by atoms with E-state index in [9.17, 15) is 4.79 Å². The molecule has 3 atom stereocenters. The van der Waals surface area contributed by atoms with Gasteiger partial charge in [0.25, 0.3) is 0 Å². The molecule has 1 fully saturated rings. The second-order valence-corrected chi connectivity index (χ2v) is 5.08. The third-order valence-electron chi connectivity index (χ3n) is 3.81. The molecule has 14 heavy (non-hydrogen) atoms. The van der Waals surface area contributed by atoms with Crippen LogP contribution in [0.2, 0.25) is 0 Å². The molecule has 0 bridgehead atoms. The highest BCUT2D eigenvalue weighted by atomic mass is 16.1. The van der Waals surface area contributed by atoms with Gasteiger partial charge in [0.1, 0.15) is 5.78 Å². The number of ketones is 1. The molecule has 1 saturated carbocycles. The Morgan fingerprint density at radius 3 is 2.71 bits per heavy atom. The third-order valence-corrected chi connectivity index (χ3v) is 3.81. The summed E-state index contributed by atoms with van der Waals surface area (Å²) in [5.41, 5.74) is 0. The maximum absolute atomic E-state index is 11.0. The van der Waals surface area contributed by atoms with E-state index in [-0.39, 0.29) is 0 Å². The minimum atomic E-state index is 0.358. The number of carbonyl (C=O) groups excluding carboxylic acids is 1. The van der Waals surface area contributed by atoms with E-state index in [4.69, 9.17) is 0 Å². The summed E-state index contributed by atoms with van der Waals surface area (Å²) >= 11 is 0. The zero-order chi connectivity index (χ0) is 10.6. The van der Waals surface area contributed by atoms with Crippen LogP contribution in [0.1, 0.15) is 59.3 Å². The van der Waals surface area contributed by atoms with Gasteiger partial charge in [-0.05, 0) is 31.1 Å². The van der Waals surface area contributed by atoms with E-state index < -0.39 is 0 Å². The van der Waals surface area contributed by atoms with Crippen LogP contribution >= 0.6 is 0 Å². The predicted molar refractivity (Wildman–Crippen MR) is 60.2 cm³/mol. The molecule has 82 valence electrons. The highest BCUT2D eigenvalue weighted by Gasteiger charge is 2.25. The first-order valence-corrected chi connectivity index (χ1v) is 6.12. The van der Waals surface area contributed by atoms with Gasteiger partial charge in [0.05, 0.1) is 0 Å². The van der Waals surface area contributed by atoms with Gasteiger partial charge >= 0.3 is 0 Å². The van der Waals surface area contributed by atoms with Crippen molar-refractivity contribution in [2.75, 3.05) is 0 Å². The Hall–Kier alpha value is -0.330. The maximum atomic E-state index is 11.0. The summed E-state index contributed by atoms with van der Waals surface area (Å²) in [6.45, 7) is 6.27. The minimum absolute atomic E-state index is 0.358. The van der Waals surface area contributed by atoms with Gasteiger partial charge in [-0.3, -0.25) is 0 Å². The van der Waals surface area contributed by atoms with Crippen LogP contribution in [0, 0.1) is 17.8 Å². The van der Waals surface area contributed by atoms with Crippen molar-refractivity contribution in [3.63, 3.8) is 0 Å². The number of Topliss-reactive ketones (excluding diaryl/α,β-unsaturated/α-hetero) is 1. The zero-order valence-corrected chi connectivity index (χ0v) is 9.88. The highest BCUT2D eigenvalue weighted by Crippen LogP contribution is 2.36. The summed E-state index contributed by atoms with van der Waals surface area (Å²) in [4.78, 5) is 11.0. The quantitative estimate of drug-likeness (QED) is 0.668. The molecule has 0 aromatic rings. The molecule has 0 amide bonds. The van der Waals surface area contributed by atoms with Crippen LogP contribution in [-0.4, -0.2) is 5.78 Å². The summed E-state index contributed by atoms with van der Waals surface area (Å²) in [7, 11) is 0. The lowest BCUT2D eigenvalue weighted by Crippen LogP contribution is -2.22. The van der Waals surface area contributed by atoms with Gasteiger partial charge in [0.2, 0.25) is 0 Å². The van der Waals surface area contributed by atoms with Crippen LogP contribution in [0.15, 0.2) is 0 Å². The Morgan fingerprint density at radius 2 is 2.14 bits per heavy atom. The van der Waals surface area contributed by atoms with E-state index in [0.29, 0.717) is 11.7 Å². The molecule has 3 unspecified atom stereocenters. The van der Waals surface area contributed by atoms with Gasteiger partial charge < -0.3 is 4.79 Å². The summed E-state index contributed by atoms with van der Waals surface area (Å²) in [5, 5.41) is 0. The van der Waals surface area contributed by atoms with Crippen molar-refractivity contribution >= 4 is 5.78 Å². The van der Waals surface area contributed by atoms with Gasteiger partial charge in [0.15, 0.2) is 0 Å². The molecule has 0 N–H and O–H groups in total. The van der Waals surface area contributed by atoms with Crippen LogP contribution in [0.4, 0.5) is 0 Å². The fourth-order valence-corrected chi connectivity index (χ4v) is 2.84. The smallest absolute Gasteiger partial charge is 0.130 e. The highest BCUT2D eigenvalue weighted by molar-refractivity contribution is 5.75. The van der Waals surface area contributed by atoms with Crippen LogP contribution in [0.5, 0.6) is 0 Å². The summed E-state index contributed by atoms with van der Waals surface area (Å²) in [6.07, 6.45) is 7.63. The lowest BCUT2D eigenvalue weighted by Gasteiger charge is -2.32. The van der Waals surface area contributed by atoms with E-state index in [0.717, 1.165) is 18.3 Å². The standard InChI is InChI=1S/C13H24O/c1-4-12-6-5-7-13(9-12)10(2)8-11(3)14/h10,12-13H,4-9H2,1-3H3. The van der Waals surface area contributed by atoms with Gasteiger partial charge in [-0.1, -0.05) is 39.5 Å². The van der Waals surface area contributed by atoms with Crippen LogP contribution in [0.25, 0.3) is 0 Å². The third kappa shape index (κ3) is 3.43. The summed E-state index contributed by atoms with van der Waals surface area (Å²) in [6, 6.07) is 0. The van der Waals surface area contributed by atoms with Crippen molar-refractivity contribution in [1.82, 2.24) is 0 Å². The summed E-state index contributed by atoms with van der Waals surface area (Å²) in [5.74, 6) is 2.72. The van der Waals surface area contributed by atoms with E-state index in [1.807, 2.05) is 0 Å². The molecule has 0 aromatic heterocycles. The molecule has 1 aliphatic carbocycles. The van der Waals surface area contributed by atoms with Crippen molar-refractivity contribution in [2.24, 2.45) is 17.8 Å². The number of hydrogen-bond donors (Lipinski definition) is 0. The monoisotopic (exact) mass is 196 g/mol. The number of hydrogen-bond acceptors (Lipinski definition) is 1. The fourth-order valence-electron chi connectivity index (χ4n) is 2.84. The Kier molecular flexibility index (Phi) is 4.64. The SMILES string of the molecule is CCC1CCCC(C(C)CC(C)=O)C1. The molecule has 0 spiro atoms. The van der Waals surface area contributed by atoms with Gasteiger partial charge in [-0.25, -0.2) is 0 Å². The van der Waals surface area contributed by atoms with E-state index in [1.54, 1.807) is 6.92 Å². The molecule has 1 aliphatic rings. The Morgan fingerprint density at radius 1 is 1.43 bits per heavy atom. The molecule has 0 saturated heterocycles. The number of carbonyl (C=O) groups is 1. The van der Waals surface area contributed by atoms with Crippen molar-refractivity contribution in [3.8, 4) is 0 Å². The molecular formula is C13H24O. The lowest BCUT2D eigenvalue weighted by molar-refractivity contribution is -0.118. The zero-order valence-electron chi connectivity index (χ0n) is 9.88. The average molecular weight is 196 g/mol. The van der Waals surface area contributed by atoms with Crippen molar-refractivity contribution in [1.29, 1.82) is 0 Å². The Labute approximate surface area is 88.3 Å². The molecule has 0 aliphatic heterocycles. The van der Waals surface area contributed by atoms with Crippen molar-refractivity contribution < 1.29 is 4.79 Å². The first-order valence-electron chi connectivity index (χ1n) is 6.12. The first-order chi connectivity index (χ1) is 6.63. The average Bonchev–Trinajstić information content (AvgIpc) is 2.17. The Balaban J connectivity index is 2.38. The fraction of sp³-hybridized carbons (Fsp3) is 0.923. The topological polar surface area (TPSA) is 17.1 Å². The van der Waals surface area contributed by atoms with Crippen molar-refractivity contribution in [2.45, 2.75) is 59.3 Å². The van der Waals surface area contributed by atoms with Gasteiger partial charge in [-0.2, -0.15) is 0 Å². The molecular weight excluding hydrogens is 172 g/mol. The largest absolute Gasteiger partial charge is 0.300 e. The first kappa shape index (κ1) is 11.7.